The second-order valence-corrected chi connectivity index (χ2v) is 4.95. The Kier molecular flexibility index (Phi) is 7.19. The van der Waals surface area contributed by atoms with Gasteiger partial charge in [0.15, 0.2) is 0 Å². The van der Waals surface area contributed by atoms with Crippen molar-refractivity contribution >= 4 is 24.3 Å². The lowest BCUT2D eigenvalue weighted by molar-refractivity contribution is 0.200. The first-order chi connectivity index (χ1) is 8.69. The van der Waals surface area contributed by atoms with Crippen LogP contribution in [0, 0.1) is 0 Å². The molecule has 0 saturated heterocycles. The summed E-state index contributed by atoms with van der Waals surface area (Å²) in [6, 6.07) is 5.47. The van der Waals surface area contributed by atoms with E-state index in [1.807, 2.05) is 6.07 Å². The zero-order valence-electron chi connectivity index (χ0n) is 10.8. The standard InChI is InChI=1S/C12H19BO4S/c1-16-6-3-7-18-9-10-4-5-12(17-2)11(8-10)13(14)15/h4-5,8,14-15H,3,6-7,9H2,1-2H3. The first-order valence-electron chi connectivity index (χ1n) is 5.78. The molecule has 0 aromatic heterocycles. The molecule has 0 bridgehead atoms. The molecule has 0 saturated carbocycles. The molecule has 0 unspecified atom stereocenters. The second kappa shape index (κ2) is 8.42. The van der Waals surface area contributed by atoms with Crippen molar-refractivity contribution in [2.45, 2.75) is 12.2 Å². The zero-order chi connectivity index (χ0) is 13.4. The molecular weight excluding hydrogens is 251 g/mol. The van der Waals surface area contributed by atoms with Gasteiger partial charge in [0, 0.05) is 24.9 Å². The number of thioether (sulfide) groups is 1. The fourth-order valence-corrected chi connectivity index (χ4v) is 2.45. The van der Waals surface area contributed by atoms with Crippen molar-refractivity contribution in [3.05, 3.63) is 23.8 Å². The second-order valence-electron chi connectivity index (χ2n) is 3.85. The molecule has 1 rings (SSSR count). The van der Waals surface area contributed by atoms with Gasteiger partial charge in [0.05, 0.1) is 7.11 Å². The fraction of sp³-hybridized carbons (Fsp3) is 0.500. The number of ether oxygens (including phenoxy) is 2. The predicted octanol–water partition coefficient (Wildman–Crippen LogP) is 0.645. The monoisotopic (exact) mass is 270 g/mol. The van der Waals surface area contributed by atoms with Gasteiger partial charge in [0.1, 0.15) is 5.75 Å². The first-order valence-corrected chi connectivity index (χ1v) is 6.94. The van der Waals surface area contributed by atoms with E-state index < -0.39 is 7.12 Å². The maximum Gasteiger partial charge on any atom is 0.492 e. The van der Waals surface area contributed by atoms with Gasteiger partial charge in [0.25, 0.3) is 0 Å². The van der Waals surface area contributed by atoms with E-state index in [9.17, 15) is 10.0 Å². The Balaban J connectivity index is 2.53. The normalized spacial score (nSPS) is 10.4. The molecule has 1 aromatic carbocycles. The van der Waals surface area contributed by atoms with Crippen LogP contribution in [-0.2, 0) is 10.5 Å². The molecule has 4 nitrogen and oxygen atoms in total. The number of hydrogen-bond donors (Lipinski definition) is 2. The molecule has 0 aliphatic carbocycles. The van der Waals surface area contributed by atoms with Gasteiger partial charge in [-0.1, -0.05) is 12.1 Å². The third kappa shape index (κ3) is 4.90. The summed E-state index contributed by atoms with van der Waals surface area (Å²) in [7, 11) is 1.71. The van der Waals surface area contributed by atoms with Crippen LogP contribution in [0.15, 0.2) is 18.2 Å². The zero-order valence-corrected chi connectivity index (χ0v) is 11.6. The number of hydrogen-bond acceptors (Lipinski definition) is 5. The Hall–Kier alpha value is -0.685. The molecule has 0 atom stereocenters. The highest BCUT2D eigenvalue weighted by Crippen LogP contribution is 2.16. The Morgan fingerprint density at radius 3 is 2.67 bits per heavy atom. The van der Waals surface area contributed by atoms with Crippen LogP contribution >= 0.6 is 11.8 Å². The summed E-state index contributed by atoms with van der Waals surface area (Å²) < 4.78 is 10.1. The number of rotatable bonds is 8. The highest BCUT2D eigenvalue weighted by atomic mass is 32.2. The maximum absolute atomic E-state index is 9.25. The first kappa shape index (κ1) is 15.4. The molecule has 0 heterocycles. The van der Waals surface area contributed by atoms with Gasteiger partial charge in [0.2, 0.25) is 0 Å². The van der Waals surface area contributed by atoms with Gasteiger partial charge in [-0.25, -0.2) is 0 Å². The maximum atomic E-state index is 9.25. The van der Waals surface area contributed by atoms with Crippen molar-refractivity contribution in [2.24, 2.45) is 0 Å². The van der Waals surface area contributed by atoms with E-state index in [1.165, 1.54) is 7.11 Å². The molecule has 18 heavy (non-hydrogen) atoms. The van der Waals surface area contributed by atoms with Crippen LogP contribution in [0.25, 0.3) is 0 Å². The van der Waals surface area contributed by atoms with Crippen LogP contribution in [0.1, 0.15) is 12.0 Å². The SMILES string of the molecule is COCCCSCc1ccc(OC)c(B(O)O)c1. The molecular formula is C12H19BO4S. The Morgan fingerprint density at radius 1 is 1.28 bits per heavy atom. The molecule has 0 fully saturated rings. The van der Waals surface area contributed by atoms with Crippen LogP contribution in [0.4, 0.5) is 0 Å². The van der Waals surface area contributed by atoms with Gasteiger partial charge < -0.3 is 19.5 Å². The van der Waals surface area contributed by atoms with E-state index in [0.29, 0.717) is 11.2 Å². The third-order valence-corrected chi connectivity index (χ3v) is 3.59. The molecule has 0 amide bonds. The average Bonchev–Trinajstić information content (AvgIpc) is 2.38. The van der Waals surface area contributed by atoms with Gasteiger partial charge >= 0.3 is 7.12 Å². The summed E-state index contributed by atoms with van der Waals surface area (Å²) >= 11 is 1.80. The molecule has 2 N–H and O–H groups in total. The molecule has 1 aromatic rings. The molecule has 100 valence electrons. The minimum atomic E-state index is -1.50. The van der Waals surface area contributed by atoms with Crippen LogP contribution < -0.4 is 10.2 Å². The van der Waals surface area contributed by atoms with E-state index >= 15 is 0 Å². The van der Waals surface area contributed by atoms with Crippen molar-refractivity contribution in [3.63, 3.8) is 0 Å². The van der Waals surface area contributed by atoms with Crippen LogP contribution in [0.2, 0.25) is 0 Å². The van der Waals surface area contributed by atoms with Crippen LogP contribution in [-0.4, -0.2) is 43.7 Å². The summed E-state index contributed by atoms with van der Waals surface area (Å²) in [4.78, 5) is 0. The fourth-order valence-electron chi connectivity index (χ4n) is 1.57. The van der Waals surface area contributed by atoms with Crippen molar-refractivity contribution in [2.75, 3.05) is 26.6 Å². The van der Waals surface area contributed by atoms with E-state index in [4.69, 9.17) is 9.47 Å². The highest BCUT2D eigenvalue weighted by molar-refractivity contribution is 7.98. The molecule has 6 heteroatoms. The van der Waals surface area contributed by atoms with Crippen molar-refractivity contribution < 1.29 is 19.5 Å². The average molecular weight is 270 g/mol. The summed E-state index contributed by atoms with van der Waals surface area (Å²) in [6.45, 7) is 0.774. The number of benzene rings is 1. The van der Waals surface area contributed by atoms with E-state index in [0.717, 1.165) is 30.1 Å². The van der Waals surface area contributed by atoms with Crippen LogP contribution in [0.3, 0.4) is 0 Å². The number of methoxy groups -OCH3 is 2. The third-order valence-electron chi connectivity index (χ3n) is 2.48. The van der Waals surface area contributed by atoms with Gasteiger partial charge in [-0.15, -0.1) is 0 Å². The molecule has 0 radical (unpaired) electrons. The smallest absolute Gasteiger partial charge is 0.492 e. The largest absolute Gasteiger partial charge is 0.497 e. The topological polar surface area (TPSA) is 58.9 Å². The summed E-state index contributed by atoms with van der Waals surface area (Å²) in [5.41, 5.74) is 1.47. The lowest BCUT2D eigenvalue weighted by Crippen LogP contribution is -2.31. The van der Waals surface area contributed by atoms with Crippen LogP contribution in [0.5, 0.6) is 5.75 Å². The minimum absolute atomic E-state index is 0.410. The Labute approximate surface area is 112 Å². The lowest BCUT2D eigenvalue weighted by atomic mass is 9.79. The van der Waals surface area contributed by atoms with Crippen molar-refractivity contribution in [1.29, 1.82) is 0 Å². The Bertz CT molecular complexity index is 360. The molecule has 0 aliphatic rings. The van der Waals surface area contributed by atoms with E-state index in [1.54, 1.807) is 31.0 Å². The predicted molar refractivity (Wildman–Crippen MR) is 75.5 cm³/mol. The summed E-state index contributed by atoms with van der Waals surface area (Å²) in [6.07, 6.45) is 1.02. The lowest BCUT2D eigenvalue weighted by Gasteiger charge is -2.10. The van der Waals surface area contributed by atoms with Gasteiger partial charge in [-0.3, -0.25) is 0 Å². The van der Waals surface area contributed by atoms with Gasteiger partial charge in [-0.05, 0) is 23.8 Å². The highest BCUT2D eigenvalue weighted by Gasteiger charge is 2.17. The molecule has 0 aliphatic heterocycles. The molecule has 0 spiro atoms. The van der Waals surface area contributed by atoms with E-state index in [2.05, 4.69) is 0 Å². The van der Waals surface area contributed by atoms with Crippen molar-refractivity contribution in [1.82, 2.24) is 0 Å². The quantitative estimate of drug-likeness (QED) is 0.536. The minimum Gasteiger partial charge on any atom is -0.497 e. The Morgan fingerprint density at radius 2 is 2.06 bits per heavy atom. The van der Waals surface area contributed by atoms with E-state index in [-0.39, 0.29) is 0 Å². The summed E-state index contributed by atoms with van der Waals surface area (Å²) in [5.74, 6) is 2.36. The van der Waals surface area contributed by atoms with Gasteiger partial charge in [-0.2, -0.15) is 11.8 Å². The van der Waals surface area contributed by atoms with Crippen molar-refractivity contribution in [3.8, 4) is 5.75 Å². The summed E-state index contributed by atoms with van der Waals surface area (Å²) in [5, 5.41) is 18.5.